The van der Waals surface area contributed by atoms with E-state index in [0.29, 0.717) is 0 Å². The lowest BCUT2D eigenvalue weighted by Crippen LogP contribution is -2.42. The molecule has 2 bridgehead atoms. The smallest absolute Gasteiger partial charge is 0.00988 e. The molecule has 3 N–H and O–H groups in total. The Bertz CT molecular complexity index is 181. The molecule has 2 atom stereocenters. The number of fused-ring (bicyclic) bond motifs is 2. The van der Waals surface area contributed by atoms with Gasteiger partial charge in [-0.25, -0.2) is 0 Å². The number of rotatable bonds is 5. The second-order valence-corrected chi connectivity index (χ2v) is 5.23. The Labute approximate surface area is 93.4 Å². The third kappa shape index (κ3) is 2.71. The minimum atomic E-state index is 0.811. The van der Waals surface area contributed by atoms with Gasteiger partial charge < -0.3 is 16.0 Å². The SMILES string of the molecule is CN1C2CCC1CC(CNCCCN)C2. The Morgan fingerprint density at radius 2 is 1.93 bits per heavy atom. The van der Waals surface area contributed by atoms with Crippen molar-refractivity contribution in [1.29, 1.82) is 0 Å². The summed E-state index contributed by atoms with van der Waals surface area (Å²) < 4.78 is 0. The number of hydrogen-bond acceptors (Lipinski definition) is 3. The molecule has 0 aromatic heterocycles. The van der Waals surface area contributed by atoms with Crippen LogP contribution in [0.5, 0.6) is 0 Å². The molecule has 15 heavy (non-hydrogen) atoms. The Hall–Kier alpha value is -0.120. The highest BCUT2D eigenvalue weighted by atomic mass is 15.2. The monoisotopic (exact) mass is 211 g/mol. The predicted octanol–water partition coefficient (Wildman–Crippen LogP) is 0.798. The molecule has 2 fully saturated rings. The number of hydrogen-bond donors (Lipinski definition) is 2. The fraction of sp³-hybridized carbons (Fsp3) is 1.00. The molecule has 2 aliphatic rings. The molecule has 0 aromatic rings. The van der Waals surface area contributed by atoms with Crippen LogP contribution in [0.2, 0.25) is 0 Å². The lowest BCUT2D eigenvalue weighted by Gasteiger charge is -2.36. The molecule has 2 rings (SSSR count). The largest absolute Gasteiger partial charge is 0.330 e. The van der Waals surface area contributed by atoms with E-state index in [0.717, 1.165) is 37.5 Å². The molecule has 2 aliphatic heterocycles. The Morgan fingerprint density at radius 1 is 1.27 bits per heavy atom. The zero-order valence-corrected chi connectivity index (χ0v) is 9.91. The van der Waals surface area contributed by atoms with Crippen LogP contribution in [0, 0.1) is 5.92 Å². The first-order valence-corrected chi connectivity index (χ1v) is 6.44. The van der Waals surface area contributed by atoms with Gasteiger partial charge in [-0.3, -0.25) is 0 Å². The molecular weight excluding hydrogens is 186 g/mol. The summed E-state index contributed by atoms with van der Waals surface area (Å²) in [6.07, 6.45) is 6.78. The zero-order chi connectivity index (χ0) is 10.7. The molecule has 2 saturated heterocycles. The Morgan fingerprint density at radius 3 is 2.53 bits per heavy atom. The average molecular weight is 211 g/mol. The highest BCUT2D eigenvalue weighted by Crippen LogP contribution is 2.36. The Balaban J connectivity index is 1.68. The van der Waals surface area contributed by atoms with Crippen molar-refractivity contribution in [2.75, 3.05) is 26.7 Å². The molecule has 0 saturated carbocycles. The first kappa shape index (κ1) is 11.4. The summed E-state index contributed by atoms with van der Waals surface area (Å²) in [4.78, 5) is 2.61. The molecule has 3 heteroatoms. The average Bonchev–Trinajstić information content (AvgIpc) is 2.50. The quantitative estimate of drug-likeness (QED) is 0.661. The van der Waals surface area contributed by atoms with Gasteiger partial charge >= 0.3 is 0 Å². The van der Waals surface area contributed by atoms with Crippen molar-refractivity contribution in [1.82, 2.24) is 10.2 Å². The summed E-state index contributed by atoms with van der Waals surface area (Å²) in [5.74, 6) is 0.913. The van der Waals surface area contributed by atoms with E-state index >= 15 is 0 Å². The molecule has 0 radical (unpaired) electrons. The second-order valence-electron chi connectivity index (χ2n) is 5.23. The highest BCUT2D eigenvalue weighted by Gasteiger charge is 2.37. The van der Waals surface area contributed by atoms with Crippen LogP contribution >= 0.6 is 0 Å². The third-order valence-electron chi connectivity index (χ3n) is 4.19. The number of nitrogens with one attached hydrogen (secondary N) is 1. The summed E-state index contributed by atoms with van der Waals surface area (Å²) >= 11 is 0. The van der Waals surface area contributed by atoms with E-state index in [2.05, 4.69) is 17.3 Å². The Kier molecular flexibility index (Phi) is 4.00. The van der Waals surface area contributed by atoms with Crippen molar-refractivity contribution >= 4 is 0 Å². The van der Waals surface area contributed by atoms with Gasteiger partial charge in [0.25, 0.3) is 0 Å². The fourth-order valence-corrected chi connectivity index (χ4v) is 3.22. The topological polar surface area (TPSA) is 41.3 Å². The zero-order valence-electron chi connectivity index (χ0n) is 9.91. The van der Waals surface area contributed by atoms with Crippen LogP contribution in [0.4, 0.5) is 0 Å². The van der Waals surface area contributed by atoms with Gasteiger partial charge in [0, 0.05) is 12.1 Å². The normalized spacial score (nSPS) is 36.0. The van der Waals surface area contributed by atoms with Crippen molar-refractivity contribution in [3.63, 3.8) is 0 Å². The summed E-state index contributed by atoms with van der Waals surface area (Å²) in [6, 6.07) is 1.76. The number of nitrogens with two attached hydrogens (primary N) is 1. The lowest BCUT2D eigenvalue weighted by molar-refractivity contribution is 0.133. The molecule has 88 valence electrons. The van der Waals surface area contributed by atoms with Gasteiger partial charge in [0.2, 0.25) is 0 Å². The van der Waals surface area contributed by atoms with Gasteiger partial charge in [0.05, 0.1) is 0 Å². The van der Waals surface area contributed by atoms with Crippen LogP contribution < -0.4 is 11.1 Å². The van der Waals surface area contributed by atoms with E-state index in [-0.39, 0.29) is 0 Å². The van der Waals surface area contributed by atoms with Crippen molar-refractivity contribution in [3.05, 3.63) is 0 Å². The summed E-state index contributed by atoms with van der Waals surface area (Å²) in [5.41, 5.74) is 5.47. The molecule has 0 aromatic carbocycles. The number of nitrogens with zero attached hydrogens (tertiary/aromatic N) is 1. The van der Waals surface area contributed by atoms with Crippen molar-refractivity contribution in [3.8, 4) is 0 Å². The summed E-state index contributed by atoms with van der Waals surface area (Å²) in [5, 5.41) is 3.54. The summed E-state index contributed by atoms with van der Waals surface area (Å²) in [6.45, 7) is 3.12. The maximum absolute atomic E-state index is 5.47. The molecule has 2 unspecified atom stereocenters. The van der Waals surface area contributed by atoms with Gasteiger partial charge in [-0.15, -0.1) is 0 Å². The maximum atomic E-state index is 5.47. The first-order valence-electron chi connectivity index (χ1n) is 6.44. The molecule has 0 amide bonds. The van der Waals surface area contributed by atoms with Gasteiger partial charge in [-0.1, -0.05) is 0 Å². The fourth-order valence-electron chi connectivity index (χ4n) is 3.22. The van der Waals surface area contributed by atoms with Crippen LogP contribution in [0.3, 0.4) is 0 Å². The van der Waals surface area contributed by atoms with Crippen molar-refractivity contribution in [2.45, 2.75) is 44.2 Å². The van der Waals surface area contributed by atoms with Crippen LogP contribution in [0.15, 0.2) is 0 Å². The lowest BCUT2D eigenvalue weighted by atomic mass is 9.91. The van der Waals surface area contributed by atoms with E-state index in [1.54, 1.807) is 0 Å². The van der Waals surface area contributed by atoms with Crippen LogP contribution in [-0.4, -0.2) is 43.7 Å². The van der Waals surface area contributed by atoms with Crippen LogP contribution in [-0.2, 0) is 0 Å². The maximum Gasteiger partial charge on any atom is 0.00988 e. The van der Waals surface area contributed by atoms with E-state index in [4.69, 9.17) is 5.73 Å². The van der Waals surface area contributed by atoms with Crippen LogP contribution in [0.25, 0.3) is 0 Å². The van der Waals surface area contributed by atoms with Crippen molar-refractivity contribution < 1.29 is 0 Å². The van der Waals surface area contributed by atoms with E-state index in [1.165, 1.54) is 32.2 Å². The molecule has 0 spiro atoms. The first-order chi connectivity index (χ1) is 7.31. The van der Waals surface area contributed by atoms with E-state index in [9.17, 15) is 0 Å². The minimum Gasteiger partial charge on any atom is -0.330 e. The molecule has 2 heterocycles. The van der Waals surface area contributed by atoms with E-state index < -0.39 is 0 Å². The highest BCUT2D eigenvalue weighted by molar-refractivity contribution is 4.93. The molecule has 0 aliphatic carbocycles. The predicted molar refractivity (Wildman–Crippen MR) is 63.8 cm³/mol. The van der Waals surface area contributed by atoms with Gasteiger partial charge in [0.1, 0.15) is 0 Å². The van der Waals surface area contributed by atoms with Gasteiger partial charge in [-0.05, 0) is 64.7 Å². The molecular formula is C12H25N3. The third-order valence-corrected chi connectivity index (χ3v) is 4.19. The second kappa shape index (κ2) is 5.28. The van der Waals surface area contributed by atoms with Crippen molar-refractivity contribution in [2.24, 2.45) is 11.7 Å². The van der Waals surface area contributed by atoms with Gasteiger partial charge in [-0.2, -0.15) is 0 Å². The minimum absolute atomic E-state index is 0.811. The summed E-state index contributed by atoms with van der Waals surface area (Å²) in [7, 11) is 2.31. The number of piperidine rings is 1. The van der Waals surface area contributed by atoms with Crippen LogP contribution in [0.1, 0.15) is 32.1 Å². The standard InChI is InChI=1S/C12H25N3/c1-15-11-3-4-12(15)8-10(7-11)9-14-6-2-5-13/h10-12,14H,2-9,13H2,1H3. The van der Waals surface area contributed by atoms with Gasteiger partial charge in [0.15, 0.2) is 0 Å². The molecule has 3 nitrogen and oxygen atoms in total. The van der Waals surface area contributed by atoms with E-state index in [1.807, 2.05) is 0 Å².